The van der Waals surface area contributed by atoms with Crippen LogP contribution in [0.3, 0.4) is 0 Å². The topological polar surface area (TPSA) is 84.6 Å². The van der Waals surface area contributed by atoms with Crippen LogP contribution in [0.25, 0.3) is 0 Å². The summed E-state index contributed by atoms with van der Waals surface area (Å²) in [7, 11) is 1.40. The van der Waals surface area contributed by atoms with Crippen LogP contribution < -0.4 is 0 Å². The van der Waals surface area contributed by atoms with Crippen LogP contribution in [0.2, 0.25) is 0 Å². The van der Waals surface area contributed by atoms with Gasteiger partial charge in [0, 0.05) is 13.6 Å². The Bertz CT molecular complexity index is 296. The van der Waals surface area contributed by atoms with Crippen molar-refractivity contribution < 1.29 is 14.7 Å². The van der Waals surface area contributed by atoms with Gasteiger partial charge in [0.2, 0.25) is 0 Å². The minimum Gasteiger partial charge on any atom is -0.465 e. The molecule has 16 heavy (non-hydrogen) atoms. The summed E-state index contributed by atoms with van der Waals surface area (Å²) in [5, 5.41) is 17.3. The van der Waals surface area contributed by atoms with Crippen molar-refractivity contribution in [3.05, 3.63) is 0 Å². The van der Waals surface area contributed by atoms with Gasteiger partial charge in [-0.1, -0.05) is 13.8 Å². The van der Waals surface area contributed by atoms with E-state index in [9.17, 15) is 9.59 Å². The number of carbonyl (C=O) groups is 2. The first-order valence-corrected chi connectivity index (χ1v) is 5.02. The zero-order valence-electron chi connectivity index (χ0n) is 9.80. The van der Waals surface area contributed by atoms with Gasteiger partial charge in [-0.25, -0.2) is 14.5 Å². The maximum Gasteiger partial charge on any atom is 0.415 e. The number of hydrogen-bond donors (Lipinski definition) is 1. The van der Waals surface area contributed by atoms with Crippen LogP contribution >= 0.6 is 0 Å². The fraction of sp³-hybridized carbons (Fsp3) is 0.700. The monoisotopic (exact) mass is 227 g/mol. The summed E-state index contributed by atoms with van der Waals surface area (Å²) in [6, 6.07) is 1.13. The molecule has 0 aromatic carbocycles. The van der Waals surface area contributed by atoms with E-state index in [1.807, 2.05) is 13.8 Å². The highest BCUT2D eigenvalue weighted by atomic mass is 16.4. The first kappa shape index (κ1) is 14.2. The lowest BCUT2D eigenvalue weighted by Gasteiger charge is -2.23. The van der Waals surface area contributed by atoms with Crippen LogP contribution in [0, 0.1) is 17.2 Å². The molecule has 90 valence electrons. The molecule has 0 heterocycles. The van der Waals surface area contributed by atoms with Crippen molar-refractivity contribution in [2.45, 2.75) is 20.3 Å². The Labute approximate surface area is 95.1 Å². The molecule has 0 aromatic heterocycles. The van der Waals surface area contributed by atoms with Gasteiger partial charge in [-0.3, -0.25) is 0 Å². The van der Waals surface area contributed by atoms with Crippen molar-refractivity contribution in [3.63, 3.8) is 0 Å². The molecule has 0 bridgehead atoms. The molecule has 6 nitrogen and oxygen atoms in total. The second-order valence-electron chi connectivity index (χ2n) is 3.91. The summed E-state index contributed by atoms with van der Waals surface area (Å²) in [6.07, 6.45) is -0.672. The largest absolute Gasteiger partial charge is 0.465 e. The van der Waals surface area contributed by atoms with Gasteiger partial charge in [-0.05, 0) is 12.3 Å². The van der Waals surface area contributed by atoms with E-state index in [2.05, 4.69) is 0 Å². The lowest BCUT2D eigenvalue weighted by atomic mass is 10.1. The highest BCUT2D eigenvalue weighted by Crippen LogP contribution is 2.05. The Morgan fingerprint density at radius 1 is 1.44 bits per heavy atom. The molecule has 0 aliphatic rings. The highest BCUT2D eigenvalue weighted by molar-refractivity contribution is 5.89. The number of rotatable bonds is 4. The number of hydrogen-bond acceptors (Lipinski definition) is 3. The first-order chi connectivity index (χ1) is 7.40. The highest BCUT2D eigenvalue weighted by Gasteiger charge is 2.23. The summed E-state index contributed by atoms with van der Waals surface area (Å²) in [5.41, 5.74) is 0. The van der Waals surface area contributed by atoms with E-state index < -0.39 is 12.1 Å². The second kappa shape index (κ2) is 6.67. The minimum atomic E-state index is -1.28. The molecule has 6 heteroatoms. The van der Waals surface area contributed by atoms with Crippen molar-refractivity contribution in [2.75, 3.05) is 20.1 Å². The van der Waals surface area contributed by atoms with Crippen LogP contribution in [0.15, 0.2) is 0 Å². The number of urea groups is 1. The Morgan fingerprint density at radius 3 is 2.38 bits per heavy atom. The fourth-order valence-electron chi connectivity index (χ4n) is 1.04. The van der Waals surface area contributed by atoms with Gasteiger partial charge in [0.1, 0.15) is 6.54 Å². The van der Waals surface area contributed by atoms with E-state index in [1.165, 1.54) is 7.05 Å². The quantitative estimate of drug-likeness (QED) is 0.739. The molecule has 0 saturated heterocycles. The maximum absolute atomic E-state index is 11.6. The van der Waals surface area contributed by atoms with E-state index in [4.69, 9.17) is 10.4 Å². The van der Waals surface area contributed by atoms with Crippen molar-refractivity contribution in [3.8, 4) is 6.07 Å². The van der Waals surface area contributed by atoms with Crippen molar-refractivity contribution >= 4 is 12.1 Å². The lowest BCUT2D eigenvalue weighted by molar-refractivity contribution is 0.133. The molecule has 0 rings (SSSR count). The summed E-state index contributed by atoms with van der Waals surface area (Å²) in [6.45, 7) is 3.93. The zero-order chi connectivity index (χ0) is 12.7. The van der Waals surface area contributed by atoms with Gasteiger partial charge < -0.3 is 10.0 Å². The predicted octanol–water partition coefficient (Wildman–Crippen LogP) is 1.59. The molecule has 0 aliphatic carbocycles. The number of amides is 3. The van der Waals surface area contributed by atoms with Gasteiger partial charge in [-0.15, -0.1) is 0 Å². The summed E-state index contributed by atoms with van der Waals surface area (Å²) in [4.78, 5) is 24.3. The normalized spacial score (nSPS) is 9.69. The Hall–Kier alpha value is -1.77. The van der Waals surface area contributed by atoms with Gasteiger partial charge in [0.15, 0.2) is 0 Å². The van der Waals surface area contributed by atoms with E-state index in [0.29, 0.717) is 12.3 Å². The molecule has 0 unspecified atom stereocenters. The van der Waals surface area contributed by atoms with Crippen molar-refractivity contribution in [2.24, 2.45) is 5.92 Å². The molecule has 0 aliphatic heterocycles. The lowest BCUT2D eigenvalue weighted by Crippen LogP contribution is -2.44. The number of imide groups is 1. The van der Waals surface area contributed by atoms with E-state index in [1.54, 1.807) is 6.07 Å². The van der Waals surface area contributed by atoms with E-state index in [-0.39, 0.29) is 13.1 Å². The molecule has 0 atom stereocenters. The number of nitriles is 1. The minimum absolute atomic E-state index is 0.121. The van der Waals surface area contributed by atoms with Gasteiger partial charge in [0.05, 0.1) is 6.07 Å². The van der Waals surface area contributed by atoms with Crippen LogP contribution in [-0.4, -0.2) is 47.2 Å². The first-order valence-electron chi connectivity index (χ1n) is 5.02. The van der Waals surface area contributed by atoms with Crippen molar-refractivity contribution in [1.82, 2.24) is 9.80 Å². The second-order valence-corrected chi connectivity index (χ2v) is 3.91. The summed E-state index contributed by atoms with van der Waals surface area (Å²) < 4.78 is 0. The predicted molar refractivity (Wildman–Crippen MR) is 57.8 cm³/mol. The Balaban J connectivity index is 4.48. The molecular weight excluding hydrogens is 210 g/mol. The Kier molecular flexibility index (Phi) is 5.93. The van der Waals surface area contributed by atoms with Crippen LogP contribution in [0.1, 0.15) is 20.3 Å². The average molecular weight is 227 g/mol. The number of nitrogens with zero attached hydrogens (tertiary/aromatic N) is 3. The summed E-state index contributed by atoms with van der Waals surface area (Å²) in [5.74, 6) is 0.316. The number of carbonyl (C=O) groups excluding carboxylic acids is 1. The van der Waals surface area contributed by atoms with Crippen LogP contribution in [-0.2, 0) is 0 Å². The van der Waals surface area contributed by atoms with E-state index in [0.717, 1.165) is 9.80 Å². The molecule has 0 aromatic rings. The van der Waals surface area contributed by atoms with Crippen molar-refractivity contribution in [1.29, 1.82) is 5.26 Å². The SMILES string of the molecule is CC(C)CCN(C(=O)O)C(=O)N(C)CC#N. The molecular formula is C10H17N3O3. The van der Waals surface area contributed by atoms with Crippen LogP contribution in [0.5, 0.6) is 0 Å². The molecule has 1 N–H and O–H groups in total. The third-order valence-corrected chi connectivity index (χ3v) is 2.03. The number of carboxylic acid groups (broad SMARTS) is 1. The molecule has 3 amide bonds. The van der Waals surface area contributed by atoms with Gasteiger partial charge in [0.25, 0.3) is 0 Å². The van der Waals surface area contributed by atoms with Gasteiger partial charge in [-0.2, -0.15) is 5.26 Å². The standard InChI is InChI=1S/C10H17N3O3/c1-8(2)4-6-13(10(15)16)9(14)12(3)7-5-11/h8H,4,6-7H2,1-3H3,(H,15,16). The average Bonchev–Trinajstić information content (AvgIpc) is 2.17. The third kappa shape index (κ3) is 4.64. The molecule has 0 spiro atoms. The smallest absolute Gasteiger partial charge is 0.415 e. The zero-order valence-corrected chi connectivity index (χ0v) is 9.80. The maximum atomic E-state index is 11.6. The molecule has 0 saturated carbocycles. The van der Waals surface area contributed by atoms with E-state index >= 15 is 0 Å². The summed E-state index contributed by atoms with van der Waals surface area (Å²) >= 11 is 0. The Morgan fingerprint density at radius 2 is 2.00 bits per heavy atom. The van der Waals surface area contributed by atoms with Crippen LogP contribution in [0.4, 0.5) is 9.59 Å². The third-order valence-electron chi connectivity index (χ3n) is 2.03. The molecule has 0 fully saturated rings. The molecule has 0 radical (unpaired) electrons. The van der Waals surface area contributed by atoms with Gasteiger partial charge >= 0.3 is 12.1 Å². The fourth-order valence-corrected chi connectivity index (χ4v) is 1.04.